The summed E-state index contributed by atoms with van der Waals surface area (Å²) < 4.78 is 8.08. The van der Waals surface area contributed by atoms with Gasteiger partial charge in [-0.2, -0.15) is 5.10 Å². The first kappa shape index (κ1) is 13.7. The normalized spacial score (nSPS) is 11.0. The van der Waals surface area contributed by atoms with E-state index in [9.17, 15) is 0 Å². The van der Waals surface area contributed by atoms with Crippen molar-refractivity contribution in [1.82, 2.24) is 15.1 Å². The maximum atomic E-state index is 4.98. The zero-order chi connectivity index (χ0) is 12.8. The molecule has 0 aliphatic heterocycles. The van der Waals surface area contributed by atoms with Crippen LogP contribution in [-0.2, 0) is 17.8 Å². The van der Waals surface area contributed by atoms with Gasteiger partial charge in [0.2, 0.25) is 0 Å². The van der Waals surface area contributed by atoms with Crippen LogP contribution < -0.4 is 5.32 Å². The predicted octanol–water partition coefficient (Wildman–Crippen LogP) is 2.49. The van der Waals surface area contributed by atoms with Gasteiger partial charge in [-0.15, -0.1) is 11.3 Å². The molecule has 0 aromatic carbocycles. The lowest BCUT2D eigenvalue weighted by Gasteiger charge is -2.01. The topological polar surface area (TPSA) is 39.1 Å². The second kappa shape index (κ2) is 7.04. The molecule has 98 valence electrons. The van der Waals surface area contributed by atoms with Crippen LogP contribution in [-0.4, -0.2) is 30.0 Å². The van der Waals surface area contributed by atoms with Crippen molar-refractivity contribution in [3.63, 3.8) is 0 Å². The fraction of sp³-hybridized carbons (Fsp3) is 0.417. The Morgan fingerprint density at radius 2 is 2.44 bits per heavy atom. The van der Waals surface area contributed by atoms with Gasteiger partial charge in [-0.05, 0) is 22.0 Å². The van der Waals surface area contributed by atoms with E-state index in [0.717, 1.165) is 30.7 Å². The average molecular weight is 330 g/mol. The van der Waals surface area contributed by atoms with Gasteiger partial charge < -0.3 is 10.1 Å². The Labute approximate surface area is 119 Å². The first-order valence-corrected chi connectivity index (χ1v) is 7.39. The molecule has 2 aromatic heterocycles. The number of aromatic nitrogens is 2. The first-order valence-electron chi connectivity index (χ1n) is 5.72. The van der Waals surface area contributed by atoms with Crippen molar-refractivity contribution in [2.75, 3.05) is 20.3 Å². The van der Waals surface area contributed by atoms with Crippen molar-refractivity contribution < 1.29 is 4.74 Å². The predicted molar refractivity (Wildman–Crippen MR) is 76.9 cm³/mol. The van der Waals surface area contributed by atoms with E-state index < -0.39 is 0 Å². The van der Waals surface area contributed by atoms with Gasteiger partial charge in [-0.1, -0.05) is 0 Å². The standard InChI is InChI=1S/C12H16BrN3OS/c1-17-3-2-14-5-10-6-15-16(7-10)8-12-4-11(13)9-18-12/h4,6-7,9,14H,2-3,5,8H2,1H3. The SMILES string of the molecule is COCCNCc1cnn(Cc2cc(Br)cs2)c1. The molecule has 6 heteroatoms. The molecule has 0 amide bonds. The van der Waals surface area contributed by atoms with Crippen molar-refractivity contribution in [3.05, 3.63) is 38.8 Å². The highest BCUT2D eigenvalue weighted by molar-refractivity contribution is 9.10. The van der Waals surface area contributed by atoms with E-state index in [4.69, 9.17) is 4.74 Å². The van der Waals surface area contributed by atoms with Gasteiger partial charge in [0.15, 0.2) is 0 Å². The summed E-state index contributed by atoms with van der Waals surface area (Å²) in [6.45, 7) is 3.25. The van der Waals surface area contributed by atoms with Crippen LogP contribution in [0.3, 0.4) is 0 Å². The van der Waals surface area contributed by atoms with Crippen LogP contribution in [0.25, 0.3) is 0 Å². The Kier molecular flexibility index (Phi) is 5.37. The molecule has 18 heavy (non-hydrogen) atoms. The summed E-state index contributed by atoms with van der Waals surface area (Å²) in [5.74, 6) is 0. The van der Waals surface area contributed by atoms with Gasteiger partial charge in [-0.3, -0.25) is 4.68 Å². The maximum Gasteiger partial charge on any atom is 0.0752 e. The van der Waals surface area contributed by atoms with Crippen molar-refractivity contribution in [2.24, 2.45) is 0 Å². The highest BCUT2D eigenvalue weighted by Crippen LogP contribution is 2.20. The summed E-state index contributed by atoms with van der Waals surface area (Å²) in [7, 11) is 1.71. The number of methoxy groups -OCH3 is 1. The molecule has 2 heterocycles. The molecular weight excluding hydrogens is 314 g/mol. The molecule has 0 bridgehead atoms. The number of halogens is 1. The molecule has 0 aliphatic rings. The van der Waals surface area contributed by atoms with Crippen molar-refractivity contribution in [2.45, 2.75) is 13.1 Å². The number of rotatable bonds is 7. The third-order valence-corrected chi connectivity index (χ3v) is 4.12. The maximum absolute atomic E-state index is 4.98. The monoisotopic (exact) mass is 329 g/mol. The van der Waals surface area contributed by atoms with Gasteiger partial charge >= 0.3 is 0 Å². The summed E-state index contributed by atoms with van der Waals surface area (Å²) in [5.41, 5.74) is 1.20. The molecule has 2 aromatic rings. The van der Waals surface area contributed by atoms with E-state index in [0.29, 0.717) is 0 Å². The number of hydrogen-bond acceptors (Lipinski definition) is 4. The van der Waals surface area contributed by atoms with Crippen LogP contribution in [0.15, 0.2) is 28.3 Å². The molecular formula is C12H16BrN3OS. The lowest BCUT2D eigenvalue weighted by molar-refractivity contribution is 0.199. The molecule has 0 fully saturated rings. The minimum Gasteiger partial charge on any atom is -0.383 e. The Hall–Kier alpha value is -0.690. The molecule has 0 atom stereocenters. The van der Waals surface area contributed by atoms with Crippen LogP contribution in [0, 0.1) is 0 Å². The van der Waals surface area contributed by atoms with Gasteiger partial charge in [0.05, 0.1) is 19.3 Å². The van der Waals surface area contributed by atoms with E-state index >= 15 is 0 Å². The summed E-state index contributed by atoms with van der Waals surface area (Å²) in [4.78, 5) is 1.30. The van der Waals surface area contributed by atoms with E-state index in [2.05, 4.69) is 44.0 Å². The largest absolute Gasteiger partial charge is 0.383 e. The smallest absolute Gasteiger partial charge is 0.0752 e. The fourth-order valence-electron chi connectivity index (χ4n) is 1.59. The highest BCUT2D eigenvalue weighted by atomic mass is 79.9. The minimum atomic E-state index is 0.733. The molecule has 4 nitrogen and oxygen atoms in total. The Balaban J connectivity index is 1.82. The molecule has 2 rings (SSSR count). The molecule has 0 radical (unpaired) electrons. The van der Waals surface area contributed by atoms with Crippen LogP contribution in [0.4, 0.5) is 0 Å². The van der Waals surface area contributed by atoms with Gasteiger partial charge in [0.25, 0.3) is 0 Å². The molecule has 0 spiro atoms. The van der Waals surface area contributed by atoms with Crippen molar-refractivity contribution in [1.29, 1.82) is 0 Å². The van der Waals surface area contributed by atoms with E-state index in [1.165, 1.54) is 10.4 Å². The molecule has 0 saturated heterocycles. The number of hydrogen-bond donors (Lipinski definition) is 1. The van der Waals surface area contributed by atoms with Gasteiger partial charge in [-0.25, -0.2) is 0 Å². The number of thiophene rings is 1. The lowest BCUT2D eigenvalue weighted by atomic mass is 10.3. The van der Waals surface area contributed by atoms with Crippen LogP contribution in [0.2, 0.25) is 0 Å². The first-order chi connectivity index (χ1) is 8.78. The Morgan fingerprint density at radius 3 is 3.17 bits per heavy atom. The molecule has 1 N–H and O–H groups in total. The number of ether oxygens (including phenoxy) is 1. The molecule has 0 saturated carbocycles. The average Bonchev–Trinajstić information content (AvgIpc) is 2.95. The summed E-state index contributed by atoms with van der Waals surface area (Å²) >= 11 is 5.20. The number of nitrogens with zero attached hydrogens (tertiary/aromatic N) is 2. The third kappa shape index (κ3) is 4.20. The second-order valence-corrected chi connectivity index (χ2v) is 5.86. The fourth-order valence-corrected chi connectivity index (χ4v) is 3.03. The van der Waals surface area contributed by atoms with Crippen LogP contribution in [0.5, 0.6) is 0 Å². The lowest BCUT2D eigenvalue weighted by Crippen LogP contribution is -2.18. The zero-order valence-electron chi connectivity index (χ0n) is 10.2. The van der Waals surface area contributed by atoms with Crippen molar-refractivity contribution in [3.8, 4) is 0 Å². The zero-order valence-corrected chi connectivity index (χ0v) is 12.6. The van der Waals surface area contributed by atoms with Gasteiger partial charge in [0, 0.05) is 46.7 Å². The number of nitrogens with one attached hydrogen (secondary N) is 1. The van der Waals surface area contributed by atoms with Crippen LogP contribution in [0.1, 0.15) is 10.4 Å². The second-order valence-electron chi connectivity index (χ2n) is 3.95. The van der Waals surface area contributed by atoms with Gasteiger partial charge in [0.1, 0.15) is 0 Å². The van der Waals surface area contributed by atoms with E-state index in [-0.39, 0.29) is 0 Å². The van der Waals surface area contributed by atoms with Crippen LogP contribution >= 0.6 is 27.3 Å². The Bertz CT molecular complexity index is 483. The molecule has 0 aliphatic carbocycles. The quantitative estimate of drug-likeness (QED) is 0.793. The summed E-state index contributed by atoms with van der Waals surface area (Å²) in [6.07, 6.45) is 3.98. The minimum absolute atomic E-state index is 0.733. The van der Waals surface area contributed by atoms with Crippen molar-refractivity contribution >= 4 is 27.3 Å². The van der Waals surface area contributed by atoms with E-state index in [1.807, 2.05) is 10.9 Å². The highest BCUT2D eigenvalue weighted by Gasteiger charge is 2.02. The summed E-state index contributed by atoms with van der Waals surface area (Å²) in [5, 5.41) is 9.75. The summed E-state index contributed by atoms with van der Waals surface area (Å²) in [6, 6.07) is 2.13. The Morgan fingerprint density at radius 1 is 1.56 bits per heavy atom. The van der Waals surface area contributed by atoms with E-state index in [1.54, 1.807) is 18.4 Å². The molecule has 0 unspecified atom stereocenters. The third-order valence-electron chi connectivity index (χ3n) is 2.44.